The number of ketones is 1. The van der Waals surface area contributed by atoms with Gasteiger partial charge in [-0.2, -0.15) is 0 Å². The van der Waals surface area contributed by atoms with Crippen LogP contribution in [0.25, 0.3) is 0 Å². The third-order valence-corrected chi connectivity index (χ3v) is 9.13. The molecule has 7 atom stereocenters. The molecule has 3 fully saturated rings. The summed E-state index contributed by atoms with van der Waals surface area (Å²) in [6, 6.07) is 0. The second-order valence-corrected chi connectivity index (χ2v) is 10.1. The molecule has 150 valence electrons. The molecule has 0 aliphatic heterocycles. The number of hydrogen-bond acceptors (Lipinski definition) is 4. The van der Waals surface area contributed by atoms with Gasteiger partial charge < -0.3 is 9.84 Å². The predicted octanol–water partition coefficient (Wildman–Crippen LogP) is 4.20. The Kier molecular flexibility index (Phi) is 4.38. The molecule has 0 aromatic rings. The molecule has 4 nitrogen and oxygen atoms in total. The molecule has 4 aliphatic carbocycles. The van der Waals surface area contributed by atoms with Crippen molar-refractivity contribution in [1.29, 1.82) is 0 Å². The Hall–Kier alpha value is -1.16. The Morgan fingerprint density at radius 2 is 1.78 bits per heavy atom. The first kappa shape index (κ1) is 19.2. The zero-order chi connectivity index (χ0) is 19.6. The van der Waals surface area contributed by atoms with Crippen LogP contribution in [0.15, 0.2) is 11.6 Å². The van der Waals surface area contributed by atoms with E-state index in [9.17, 15) is 14.7 Å². The molecule has 1 N–H and O–H groups in total. The fourth-order valence-electron chi connectivity index (χ4n) is 7.56. The maximum atomic E-state index is 12.3. The van der Waals surface area contributed by atoms with Crippen LogP contribution < -0.4 is 0 Å². The first-order valence-corrected chi connectivity index (χ1v) is 10.7. The number of rotatable bonds is 2. The van der Waals surface area contributed by atoms with E-state index < -0.39 is 5.60 Å². The van der Waals surface area contributed by atoms with Crippen molar-refractivity contribution >= 4 is 11.8 Å². The first-order valence-electron chi connectivity index (χ1n) is 10.7. The molecule has 4 heteroatoms. The molecule has 0 amide bonds. The Morgan fingerprint density at radius 1 is 1.07 bits per heavy atom. The van der Waals surface area contributed by atoms with Gasteiger partial charge in [-0.15, -0.1) is 0 Å². The lowest BCUT2D eigenvalue weighted by Crippen LogP contribution is -2.57. The maximum absolute atomic E-state index is 12.3. The summed E-state index contributed by atoms with van der Waals surface area (Å²) in [5, 5.41) is 11.2. The Labute approximate surface area is 162 Å². The smallest absolute Gasteiger partial charge is 0.302 e. The van der Waals surface area contributed by atoms with E-state index in [4.69, 9.17) is 4.74 Å². The molecule has 0 saturated heterocycles. The van der Waals surface area contributed by atoms with Crippen molar-refractivity contribution in [3.8, 4) is 0 Å². The van der Waals surface area contributed by atoms with Gasteiger partial charge in [0.05, 0.1) is 0 Å². The van der Waals surface area contributed by atoms with E-state index in [1.165, 1.54) is 12.5 Å². The van der Waals surface area contributed by atoms with Crippen molar-refractivity contribution in [3.05, 3.63) is 11.6 Å². The number of esters is 1. The Balaban J connectivity index is 1.61. The van der Waals surface area contributed by atoms with Crippen LogP contribution in [0.5, 0.6) is 0 Å². The van der Waals surface area contributed by atoms with Crippen LogP contribution in [-0.4, -0.2) is 28.6 Å². The predicted molar refractivity (Wildman–Crippen MR) is 103 cm³/mol. The highest BCUT2D eigenvalue weighted by molar-refractivity contribution is 5.86. The molecule has 4 rings (SSSR count). The van der Waals surface area contributed by atoms with Crippen molar-refractivity contribution < 1.29 is 19.4 Å². The van der Waals surface area contributed by atoms with Gasteiger partial charge in [-0.3, -0.25) is 9.59 Å². The van der Waals surface area contributed by atoms with Crippen molar-refractivity contribution in [2.24, 2.45) is 28.6 Å². The van der Waals surface area contributed by atoms with Gasteiger partial charge in [-0.05, 0) is 75.0 Å². The summed E-state index contributed by atoms with van der Waals surface area (Å²) in [7, 11) is 0. The second-order valence-electron chi connectivity index (χ2n) is 10.1. The van der Waals surface area contributed by atoms with Crippen LogP contribution in [0.4, 0.5) is 0 Å². The third-order valence-electron chi connectivity index (χ3n) is 9.13. The standard InChI is InChI=1S/C23H34O4/c1-14(24)23(26)12-9-20-18-6-5-16-13-17(27-15(2)25)7-10-21(16,3)19(18)8-11-22(20,23)4/h5,17-20,26H,6-13H2,1-4H3/t17-,18+,19-,20+,21-,22-,23-/m0/s1. The molecule has 0 bridgehead atoms. The molecule has 3 saturated carbocycles. The zero-order valence-corrected chi connectivity index (χ0v) is 17.2. The van der Waals surface area contributed by atoms with E-state index in [1.54, 1.807) is 6.92 Å². The molecular weight excluding hydrogens is 340 g/mol. The summed E-state index contributed by atoms with van der Waals surface area (Å²) in [6.07, 6.45) is 9.96. The highest BCUT2D eigenvalue weighted by Crippen LogP contribution is 2.67. The van der Waals surface area contributed by atoms with E-state index in [0.717, 1.165) is 44.9 Å². The average molecular weight is 375 g/mol. The molecule has 0 unspecified atom stereocenters. The van der Waals surface area contributed by atoms with Gasteiger partial charge in [-0.1, -0.05) is 25.5 Å². The average Bonchev–Trinajstić information content (AvgIpc) is 2.87. The summed E-state index contributed by atoms with van der Waals surface area (Å²) < 4.78 is 5.51. The monoisotopic (exact) mass is 374 g/mol. The fourth-order valence-corrected chi connectivity index (χ4v) is 7.56. The van der Waals surface area contributed by atoms with Crippen LogP contribution in [0.2, 0.25) is 0 Å². The SMILES string of the molecule is CC(=O)O[C@H]1CC[C@@]2(C)C(=CC[C@H]3[C@H]4CC[C@](O)(C(C)=O)[C@@]4(C)CC[C@@H]32)C1. The van der Waals surface area contributed by atoms with Crippen LogP contribution in [0, 0.1) is 28.6 Å². The summed E-state index contributed by atoms with van der Waals surface area (Å²) in [5.41, 5.74) is 0.235. The van der Waals surface area contributed by atoms with Crippen molar-refractivity contribution in [2.45, 2.75) is 90.8 Å². The third kappa shape index (κ3) is 2.58. The van der Waals surface area contributed by atoms with Gasteiger partial charge in [-0.25, -0.2) is 0 Å². The topological polar surface area (TPSA) is 63.6 Å². The van der Waals surface area contributed by atoms with Crippen LogP contribution in [-0.2, 0) is 14.3 Å². The van der Waals surface area contributed by atoms with E-state index in [2.05, 4.69) is 19.9 Å². The molecule has 27 heavy (non-hydrogen) atoms. The van der Waals surface area contributed by atoms with Crippen molar-refractivity contribution in [2.75, 3.05) is 0 Å². The fraction of sp³-hybridized carbons (Fsp3) is 0.826. The van der Waals surface area contributed by atoms with E-state index in [-0.39, 0.29) is 28.7 Å². The van der Waals surface area contributed by atoms with Crippen LogP contribution in [0.1, 0.15) is 79.1 Å². The minimum Gasteiger partial charge on any atom is -0.462 e. The zero-order valence-electron chi connectivity index (χ0n) is 17.2. The number of carbonyl (C=O) groups is 2. The summed E-state index contributed by atoms with van der Waals surface area (Å²) in [4.78, 5) is 23.7. The van der Waals surface area contributed by atoms with E-state index in [0.29, 0.717) is 24.2 Å². The summed E-state index contributed by atoms with van der Waals surface area (Å²) in [5.74, 6) is 1.36. The number of hydrogen-bond donors (Lipinski definition) is 1. The van der Waals surface area contributed by atoms with Crippen LogP contribution in [0.3, 0.4) is 0 Å². The number of aliphatic hydroxyl groups is 1. The molecular formula is C23H34O4. The Bertz CT molecular complexity index is 696. The van der Waals surface area contributed by atoms with Gasteiger partial charge in [0.25, 0.3) is 0 Å². The van der Waals surface area contributed by atoms with E-state index >= 15 is 0 Å². The lowest BCUT2D eigenvalue weighted by Gasteiger charge is -2.58. The van der Waals surface area contributed by atoms with Crippen molar-refractivity contribution in [1.82, 2.24) is 0 Å². The minimum atomic E-state index is -1.14. The molecule has 0 aromatic heterocycles. The number of Topliss-reactive ketones (excluding diaryl/α,β-unsaturated/α-hetero) is 1. The molecule has 0 spiro atoms. The minimum absolute atomic E-state index is 0.0292. The van der Waals surface area contributed by atoms with Gasteiger partial charge in [0.15, 0.2) is 5.78 Å². The maximum Gasteiger partial charge on any atom is 0.302 e. The molecule has 0 aromatic carbocycles. The number of fused-ring (bicyclic) bond motifs is 5. The summed E-state index contributed by atoms with van der Waals surface area (Å²) >= 11 is 0. The second kappa shape index (κ2) is 6.17. The summed E-state index contributed by atoms with van der Waals surface area (Å²) in [6.45, 7) is 7.64. The van der Waals surface area contributed by atoms with Gasteiger partial charge in [0.2, 0.25) is 0 Å². The molecule has 4 aliphatic rings. The van der Waals surface area contributed by atoms with Gasteiger partial charge in [0.1, 0.15) is 11.7 Å². The van der Waals surface area contributed by atoms with Gasteiger partial charge >= 0.3 is 5.97 Å². The van der Waals surface area contributed by atoms with Crippen molar-refractivity contribution in [3.63, 3.8) is 0 Å². The quantitative estimate of drug-likeness (QED) is 0.581. The highest BCUT2D eigenvalue weighted by Gasteiger charge is 2.65. The van der Waals surface area contributed by atoms with Crippen LogP contribution >= 0.6 is 0 Å². The molecule has 0 heterocycles. The lowest BCUT2D eigenvalue weighted by atomic mass is 9.47. The molecule has 0 radical (unpaired) electrons. The Morgan fingerprint density at radius 3 is 2.44 bits per heavy atom. The number of ether oxygens (including phenoxy) is 1. The largest absolute Gasteiger partial charge is 0.462 e. The number of carbonyl (C=O) groups excluding carboxylic acids is 2. The lowest BCUT2D eigenvalue weighted by molar-refractivity contribution is -0.160. The first-order chi connectivity index (χ1) is 12.6. The highest BCUT2D eigenvalue weighted by atomic mass is 16.5. The normalized spacial score (nSPS) is 48.7. The van der Waals surface area contributed by atoms with E-state index in [1.807, 2.05) is 0 Å². The number of allylic oxidation sites excluding steroid dienone is 1. The van der Waals surface area contributed by atoms with Gasteiger partial charge in [0, 0.05) is 18.8 Å².